The molecule has 0 spiro atoms. The fourth-order valence-electron chi connectivity index (χ4n) is 1.74. The molecule has 1 aromatic rings. The molecular weight excluding hydrogens is 205 g/mol. The molecule has 16 heavy (non-hydrogen) atoms. The summed E-state index contributed by atoms with van der Waals surface area (Å²) in [4.78, 5) is 0. The Balaban J connectivity index is 2.17. The Hall–Kier alpha value is -1.53. The average molecular weight is 219 g/mol. The number of fused-ring (bicyclic) bond motifs is 1. The third-order valence-corrected chi connectivity index (χ3v) is 2.59. The van der Waals surface area contributed by atoms with E-state index in [0.717, 1.165) is 24.2 Å². The van der Waals surface area contributed by atoms with Crippen LogP contribution in [0.1, 0.15) is 24.0 Å². The van der Waals surface area contributed by atoms with E-state index in [1.165, 1.54) is 6.07 Å². The molecule has 1 heterocycles. The molecule has 0 aromatic heterocycles. The van der Waals surface area contributed by atoms with Crippen molar-refractivity contribution in [2.45, 2.75) is 19.3 Å². The van der Waals surface area contributed by atoms with E-state index in [1.807, 2.05) is 6.07 Å². The number of hydrogen-bond acceptors (Lipinski definition) is 2. The topological polar surface area (TPSA) is 32.3 Å². The number of nitrogens with one attached hydrogen (secondary N) is 1. The van der Waals surface area contributed by atoms with Crippen LogP contribution in [0.2, 0.25) is 0 Å². The van der Waals surface area contributed by atoms with E-state index >= 15 is 0 Å². The summed E-state index contributed by atoms with van der Waals surface area (Å²) >= 11 is 0. The van der Waals surface area contributed by atoms with Gasteiger partial charge in [0.2, 0.25) is 0 Å². The first-order chi connectivity index (χ1) is 7.81. The number of benzene rings is 1. The average Bonchev–Trinajstić information content (AvgIpc) is 2.71. The molecule has 2 N–H and O–H groups in total. The maximum Gasteiger partial charge on any atom is 0.140 e. The van der Waals surface area contributed by atoms with Crippen LogP contribution in [0.4, 0.5) is 10.1 Å². The largest absolute Gasteiger partial charge is 0.396 e. The van der Waals surface area contributed by atoms with Gasteiger partial charge in [0.1, 0.15) is 5.82 Å². The molecule has 1 aromatic carbocycles. The second-order valence-electron chi connectivity index (χ2n) is 3.79. The van der Waals surface area contributed by atoms with Crippen LogP contribution >= 0.6 is 0 Å². The fourth-order valence-corrected chi connectivity index (χ4v) is 1.74. The van der Waals surface area contributed by atoms with Crippen molar-refractivity contribution in [2.24, 2.45) is 0 Å². The lowest BCUT2D eigenvalue weighted by molar-refractivity contribution is 0.290. The Morgan fingerprint density at radius 2 is 2.31 bits per heavy atom. The van der Waals surface area contributed by atoms with Crippen LogP contribution in [-0.4, -0.2) is 18.3 Å². The zero-order valence-corrected chi connectivity index (χ0v) is 9.02. The molecule has 2 nitrogen and oxygen atoms in total. The highest BCUT2D eigenvalue weighted by Gasteiger charge is 2.12. The van der Waals surface area contributed by atoms with Gasteiger partial charge in [-0.3, -0.25) is 0 Å². The summed E-state index contributed by atoms with van der Waals surface area (Å²) < 4.78 is 13.6. The monoisotopic (exact) mass is 219 g/mol. The van der Waals surface area contributed by atoms with Gasteiger partial charge >= 0.3 is 0 Å². The molecule has 0 amide bonds. The van der Waals surface area contributed by atoms with Gasteiger partial charge in [-0.15, -0.1) is 0 Å². The molecule has 0 bridgehead atoms. The standard InChI is InChI=1S/C13H14FNO/c14-12-9-13-11(5-6-15-13)8-10(12)4-2-1-3-7-16/h8-9,15-16H,1,3,5-7H2. The number of unbranched alkanes of at least 4 members (excludes halogenated alkanes) is 1. The molecule has 0 unspecified atom stereocenters. The molecular formula is C13H14FNO. The molecule has 84 valence electrons. The molecule has 0 fully saturated rings. The van der Waals surface area contributed by atoms with E-state index < -0.39 is 0 Å². The summed E-state index contributed by atoms with van der Waals surface area (Å²) in [6.45, 7) is 1.00. The number of aliphatic hydroxyl groups excluding tert-OH is 1. The first-order valence-electron chi connectivity index (χ1n) is 5.47. The smallest absolute Gasteiger partial charge is 0.140 e. The van der Waals surface area contributed by atoms with E-state index in [0.29, 0.717) is 18.4 Å². The quantitative estimate of drug-likeness (QED) is 0.588. The molecule has 1 aliphatic rings. The number of hydrogen-bond donors (Lipinski definition) is 2. The van der Waals surface area contributed by atoms with Crippen LogP contribution < -0.4 is 5.32 Å². The van der Waals surface area contributed by atoms with Crippen molar-refractivity contribution in [3.63, 3.8) is 0 Å². The number of aliphatic hydroxyl groups is 1. The van der Waals surface area contributed by atoms with Crippen molar-refractivity contribution >= 4 is 5.69 Å². The Bertz CT molecular complexity index is 445. The van der Waals surface area contributed by atoms with Gasteiger partial charge in [-0.1, -0.05) is 11.8 Å². The van der Waals surface area contributed by atoms with Crippen molar-refractivity contribution < 1.29 is 9.50 Å². The van der Waals surface area contributed by atoms with Crippen molar-refractivity contribution in [3.05, 3.63) is 29.1 Å². The van der Waals surface area contributed by atoms with E-state index in [1.54, 1.807) is 0 Å². The lowest BCUT2D eigenvalue weighted by atomic mass is 10.1. The van der Waals surface area contributed by atoms with Gasteiger partial charge < -0.3 is 10.4 Å². The van der Waals surface area contributed by atoms with Gasteiger partial charge in [0.25, 0.3) is 0 Å². The van der Waals surface area contributed by atoms with E-state index in [2.05, 4.69) is 17.2 Å². The van der Waals surface area contributed by atoms with Crippen LogP contribution in [0.3, 0.4) is 0 Å². The highest BCUT2D eigenvalue weighted by molar-refractivity contribution is 5.59. The third kappa shape index (κ3) is 2.34. The Labute approximate surface area is 94.5 Å². The minimum absolute atomic E-state index is 0.130. The molecule has 3 heteroatoms. The summed E-state index contributed by atoms with van der Waals surface area (Å²) in [7, 11) is 0. The molecule has 1 aliphatic heterocycles. The zero-order chi connectivity index (χ0) is 11.4. The summed E-state index contributed by atoms with van der Waals surface area (Å²) in [5.41, 5.74) is 2.48. The lowest BCUT2D eigenvalue weighted by Crippen LogP contribution is -1.91. The number of rotatable bonds is 2. The third-order valence-electron chi connectivity index (χ3n) is 2.59. The molecule has 0 atom stereocenters. The lowest BCUT2D eigenvalue weighted by Gasteiger charge is -2.01. The summed E-state index contributed by atoms with van der Waals surface area (Å²) in [6.07, 6.45) is 2.17. The molecule has 2 rings (SSSR count). The van der Waals surface area contributed by atoms with Gasteiger partial charge in [-0.05, 0) is 30.5 Å². The summed E-state index contributed by atoms with van der Waals surface area (Å²) in [6, 6.07) is 3.33. The van der Waals surface area contributed by atoms with Crippen molar-refractivity contribution in [3.8, 4) is 11.8 Å². The van der Waals surface area contributed by atoms with E-state index in [-0.39, 0.29) is 12.4 Å². The highest BCUT2D eigenvalue weighted by Crippen LogP contribution is 2.25. The van der Waals surface area contributed by atoms with Gasteiger partial charge in [-0.2, -0.15) is 0 Å². The van der Waals surface area contributed by atoms with Crippen LogP contribution in [-0.2, 0) is 6.42 Å². The van der Waals surface area contributed by atoms with Crippen LogP contribution in [0.15, 0.2) is 12.1 Å². The van der Waals surface area contributed by atoms with Crippen molar-refractivity contribution in [1.82, 2.24) is 0 Å². The SMILES string of the molecule is OCCCC#Cc1cc2c(cc1F)NCC2. The Morgan fingerprint density at radius 3 is 3.12 bits per heavy atom. The van der Waals surface area contributed by atoms with Crippen molar-refractivity contribution in [2.75, 3.05) is 18.5 Å². The minimum Gasteiger partial charge on any atom is -0.396 e. The van der Waals surface area contributed by atoms with Crippen molar-refractivity contribution in [1.29, 1.82) is 0 Å². The molecule has 0 saturated heterocycles. The summed E-state index contributed by atoms with van der Waals surface area (Å²) in [5, 5.41) is 11.7. The predicted molar refractivity (Wildman–Crippen MR) is 61.8 cm³/mol. The maximum absolute atomic E-state index is 13.6. The van der Waals surface area contributed by atoms with Gasteiger partial charge in [-0.25, -0.2) is 4.39 Å². The van der Waals surface area contributed by atoms with Crippen LogP contribution in [0, 0.1) is 17.7 Å². The summed E-state index contributed by atoms with van der Waals surface area (Å²) in [5.74, 6) is 5.40. The number of anilines is 1. The minimum atomic E-state index is -0.273. The molecule has 0 aliphatic carbocycles. The second kappa shape index (κ2) is 5.00. The normalized spacial score (nSPS) is 12.6. The zero-order valence-electron chi connectivity index (χ0n) is 9.02. The highest BCUT2D eigenvalue weighted by atomic mass is 19.1. The predicted octanol–water partition coefficient (Wildman–Crippen LogP) is 1.92. The van der Waals surface area contributed by atoms with Gasteiger partial charge in [0.05, 0.1) is 5.56 Å². The van der Waals surface area contributed by atoms with Gasteiger partial charge in [0, 0.05) is 25.3 Å². The number of halogens is 1. The van der Waals surface area contributed by atoms with Gasteiger partial charge in [0.15, 0.2) is 0 Å². The van der Waals surface area contributed by atoms with Crippen LogP contribution in [0.5, 0.6) is 0 Å². The maximum atomic E-state index is 13.6. The Morgan fingerprint density at radius 1 is 1.44 bits per heavy atom. The fraction of sp³-hybridized carbons (Fsp3) is 0.385. The van der Waals surface area contributed by atoms with Crippen LogP contribution in [0.25, 0.3) is 0 Å². The molecule has 0 saturated carbocycles. The van der Waals surface area contributed by atoms with E-state index in [9.17, 15) is 4.39 Å². The first kappa shape index (κ1) is 11.0. The second-order valence-corrected chi connectivity index (χ2v) is 3.79. The van der Waals surface area contributed by atoms with E-state index in [4.69, 9.17) is 5.11 Å². The first-order valence-corrected chi connectivity index (χ1v) is 5.47. The molecule has 0 radical (unpaired) electrons. The Kier molecular flexibility index (Phi) is 3.43.